The Morgan fingerprint density at radius 1 is 1.42 bits per heavy atom. The van der Waals surface area contributed by atoms with E-state index in [1.807, 2.05) is 11.8 Å². The van der Waals surface area contributed by atoms with Crippen LogP contribution in [-0.4, -0.2) is 29.7 Å². The molecule has 1 spiro atoms. The minimum absolute atomic E-state index is 0.215. The Hall–Kier alpha value is -0.420. The number of rotatable bonds is 0. The van der Waals surface area contributed by atoms with Gasteiger partial charge in [-0.2, -0.15) is 11.8 Å². The van der Waals surface area contributed by atoms with Gasteiger partial charge in [-0.3, -0.25) is 5.43 Å². The molecule has 2 fully saturated rings. The fourth-order valence-electron chi connectivity index (χ4n) is 1.56. The fourth-order valence-corrected chi connectivity index (χ4v) is 2.79. The zero-order valence-electron chi connectivity index (χ0n) is 6.76. The van der Waals surface area contributed by atoms with Gasteiger partial charge in [-0.15, -0.1) is 0 Å². The maximum Gasteiger partial charge on any atom is 0.422 e. The molecule has 2 aliphatic heterocycles. The first-order chi connectivity index (χ1) is 5.81. The summed E-state index contributed by atoms with van der Waals surface area (Å²) >= 11 is 1.92. The Morgan fingerprint density at radius 2 is 2.17 bits per heavy atom. The number of amides is 1. The molecule has 0 saturated carbocycles. The van der Waals surface area contributed by atoms with Crippen LogP contribution in [0.3, 0.4) is 0 Å². The van der Waals surface area contributed by atoms with Gasteiger partial charge in [0.05, 0.1) is 6.54 Å². The summed E-state index contributed by atoms with van der Waals surface area (Å²) in [6.07, 6.45) is 1.60. The molecule has 0 aromatic heterocycles. The highest BCUT2D eigenvalue weighted by Gasteiger charge is 2.38. The smallest absolute Gasteiger partial charge is 0.422 e. The lowest BCUT2D eigenvalue weighted by molar-refractivity contribution is -0.0202. The average Bonchev–Trinajstić information content (AvgIpc) is 2.05. The first-order valence-corrected chi connectivity index (χ1v) is 5.26. The van der Waals surface area contributed by atoms with Crippen molar-refractivity contribution >= 4 is 17.9 Å². The molecule has 0 unspecified atom stereocenters. The third kappa shape index (κ3) is 1.51. The second kappa shape index (κ2) is 3.14. The summed E-state index contributed by atoms with van der Waals surface area (Å²) in [6.45, 7) is 0.735. The largest absolute Gasteiger partial charge is 0.441 e. The van der Waals surface area contributed by atoms with Crippen molar-refractivity contribution in [3.05, 3.63) is 0 Å². The maximum absolute atomic E-state index is 10.9. The monoisotopic (exact) mass is 188 g/mol. The average molecular weight is 188 g/mol. The summed E-state index contributed by atoms with van der Waals surface area (Å²) < 4.78 is 5.29. The van der Waals surface area contributed by atoms with Gasteiger partial charge < -0.3 is 4.74 Å². The fraction of sp³-hybridized carbons (Fsp3) is 0.857. The van der Waals surface area contributed by atoms with E-state index in [1.54, 1.807) is 0 Å². The molecule has 2 rings (SSSR count). The van der Waals surface area contributed by atoms with Gasteiger partial charge in [0, 0.05) is 0 Å². The second-order valence-corrected chi connectivity index (χ2v) is 4.39. The topological polar surface area (TPSA) is 50.4 Å². The van der Waals surface area contributed by atoms with Crippen molar-refractivity contribution < 1.29 is 9.53 Å². The standard InChI is InChI=1S/C7H12N2O2S/c10-6-9-8-5-7(11-6)1-3-12-4-2-7/h8H,1-5H2,(H,9,10). The number of carbonyl (C=O) groups excluding carboxylic acids is 1. The molecule has 0 aromatic carbocycles. The van der Waals surface area contributed by atoms with Crippen LogP contribution in [0.25, 0.3) is 0 Å². The van der Waals surface area contributed by atoms with Gasteiger partial charge in [0.2, 0.25) is 0 Å². The van der Waals surface area contributed by atoms with Crippen molar-refractivity contribution in [2.75, 3.05) is 18.1 Å². The Bertz CT molecular complexity index is 186. The van der Waals surface area contributed by atoms with Crippen molar-refractivity contribution in [1.29, 1.82) is 0 Å². The Balaban J connectivity index is 2.02. The third-order valence-corrected chi connectivity index (χ3v) is 3.30. The Morgan fingerprint density at radius 3 is 2.83 bits per heavy atom. The van der Waals surface area contributed by atoms with Crippen LogP contribution < -0.4 is 10.9 Å². The predicted octanol–water partition coefficient (Wildman–Crippen LogP) is 0.497. The first-order valence-electron chi connectivity index (χ1n) is 4.10. The van der Waals surface area contributed by atoms with Crippen LogP contribution in [0.5, 0.6) is 0 Å². The third-order valence-electron chi connectivity index (χ3n) is 2.31. The normalized spacial score (nSPS) is 27.8. The van der Waals surface area contributed by atoms with Gasteiger partial charge >= 0.3 is 6.09 Å². The second-order valence-electron chi connectivity index (χ2n) is 3.16. The number of hydrogen-bond acceptors (Lipinski definition) is 4. The van der Waals surface area contributed by atoms with E-state index in [4.69, 9.17) is 4.74 Å². The molecule has 12 heavy (non-hydrogen) atoms. The van der Waals surface area contributed by atoms with Gasteiger partial charge in [0.15, 0.2) is 0 Å². The quantitative estimate of drug-likeness (QED) is 0.581. The molecule has 2 saturated heterocycles. The van der Waals surface area contributed by atoms with Crippen molar-refractivity contribution in [2.45, 2.75) is 18.4 Å². The highest BCUT2D eigenvalue weighted by atomic mass is 32.2. The van der Waals surface area contributed by atoms with Crippen LogP contribution in [0, 0.1) is 0 Å². The molecular formula is C7H12N2O2S. The number of ether oxygens (including phenoxy) is 1. The molecule has 2 N–H and O–H groups in total. The molecule has 0 aliphatic carbocycles. The minimum Gasteiger partial charge on any atom is -0.441 e. The first kappa shape index (κ1) is 8.19. The summed E-state index contributed by atoms with van der Waals surface area (Å²) in [5, 5.41) is 0. The van der Waals surface area contributed by atoms with Crippen LogP contribution >= 0.6 is 11.8 Å². The molecule has 2 aliphatic rings. The molecular weight excluding hydrogens is 176 g/mol. The zero-order chi connectivity index (χ0) is 8.44. The predicted molar refractivity (Wildman–Crippen MR) is 46.9 cm³/mol. The lowest BCUT2D eigenvalue weighted by atomic mass is 9.96. The number of thioether (sulfide) groups is 1. The van der Waals surface area contributed by atoms with E-state index >= 15 is 0 Å². The van der Waals surface area contributed by atoms with E-state index in [2.05, 4.69) is 10.9 Å². The van der Waals surface area contributed by atoms with Gasteiger partial charge in [0.1, 0.15) is 5.60 Å². The van der Waals surface area contributed by atoms with E-state index in [-0.39, 0.29) is 11.7 Å². The zero-order valence-corrected chi connectivity index (χ0v) is 7.58. The summed E-state index contributed by atoms with van der Waals surface area (Å²) in [7, 11) is 0. The molecule has 4 nitrogen and oxygen atoms in total. The van der Waals surface area contributed by atoms with Gasteiger partial charge in [0.25, 0.3) is 0 Å². The van der Waals surface area contributed by atoms with Gasteiger partial charge in [-0.1, -0.05) is 0 Å². The highest BCUT2D eigenvalue weighted by molar-refractivity contribution is 7.99. The number of hydrogen-bond donors (Lipinski definition) is 2. The van der Waals surface area contributed by atoms with Crippen molar-refractivity contribution in [3.8, 4) is 0 Å². The summed E-state index contributed by atoms with van der Waals surface area (Å²) in [6, 6.07) is 0. The highest BCUT2D eigenvalue weighted by Crippen LogP contribution is 2.30. The van der Waals surface area contributed by atoms with Crippen LogP contribution in [-0.2, 0) is 4.74 Å². The number of carbonyl (C=O) groups is 1. The lowest BCUT2D eigenvalue weighted by Crippen LogP contribution is -2.59. The van der Waals surface area contributed by atoms with E-state index in [0.717, 1.165) is 30.9 Å². The minimum atomic E-state index is -0.340. The maximum atomic E-state index is 10.9. The van der Waals surface area contributed by atoms with Crippen molar-refractivity contribution in [3.63, 3.8) is 0 Å². The summed E-state index contributed by atoms with van der Waals surface area (Å²) in [5.74, 6) is 2.18. The number of nitrogens with one attached hydrogen (secondary N) is 2. The van der Waals surface area contributed by atoms with Crippen LogP contribution in [0.2, 0.25) is 0 Å². The van der Waals surface area contributed by atoms with Crippen LogP contribution in [0.1, 0.15) is 12.8 Å². The van der Waals surface area contributed by atoms with E-state index in [0.29, 0.717) is 0 Å². The Kier molecular flexibility index (Phi) is 2.14. The Labute approximate surface area is 75.4 Å². The molecule has 5 heteroatoms. The molecule has 0 aromatic rings. The van der Waals surface area contributed by atoms with Crippen molar-refractivity contribution in [2.24, 2.45) is 0 Å². The van der Waals surface area contributed by atoms with Crippen LogP contribution in [0.4, 0.5) is 4.79 Å². The summed E-state index contributed by atoms with van der Waals surface area (Å²) in [4.78, 5) is 10.9. The van der Waals surface area contributed by atoms with E-state index in [9.17, 15) is 4.79 Å². The molecule has 0 radical (unpaired) electrons. The molecule has 68 valence electrons. The molecule has 0 atom stereocenters. The lowest BCUT2D eigenvalue weighted by Gasteiger charge is -2.39. The van der Waals surface area contributed by atoms with Gasteiger partial charge in [-0.25, -0.2) is 10.2 Å². The van der Waals surface area contributed by atoms with E-state index < -0.39 is 0 Å². The molecule has 2 heterocycles. The molecule has 1 amide bonds. The van der Waals surface area contributed by atoms with E-state index in [1.165, 1.54) is 0 Å². The SMILES string of the molecule is O=C1NNCC2(CCSCC2)O1. The summed E-state index contributed by atoms with van der Waals surface area (Å²) in [5.41, 5.74) is 5.08. The van der Waals surface area contributed by atoms with Crippen molar-refractivity contribution in [1.82, 2.24) is 10.9 Å². The van der Waals surface area contributed by atoms with Crippen LogP contribution in [0.15, 0.2) is 0 Å². The number of hydrazine groups is 1. The van der Waals surface area contributed by atoms with Gasteiger partial charge in [-0.05, 0) is 24.3 Å². The molecule has 0 bridgehead atoms.